The number of halogens is 1. The molecule has 0 aromatic heterocycles. The van der Waals surface area contributed by atoms with Crippen molar-refractivity contribution in [3.63, 3.8) is 0 Å². The molecule has 0 aliphatic rings. The van der Waals surface area contributed by atoms with Crippen molar-refractivity contribution < 1.29 is 9.59 Å². The summed E-state index contributed by atoms with van der Waals surface area (Å²) >= 11 is 5.98. The Hall–Kier alpha value is -2.33. The minimum Gasteiger partial charge on any atom is -0.385 e. The van der Waals surface area contributed by atoms with Crippen molar-refractivity contribution >= 4 is 34.7 Å². The van der Waals surface area contributed by atoms with Crippen LogP contribution in [0.5, 0.6) is 0 Å². The molecule has 4 nitrogen and oxygen atoms in total. The molecule has 0 unspecified atom stereocenters. The first-order chi connectivity index (χ1) is 10.6. The van der Waals surface area contributed by atoms with Crippen LogP contribution in [0.1, 0.15) is 23.7 Å². The summed E-state index contributed by atoms with van der Waals surface area (Å²) in [5, 5.41) is 6.40. The van der Waals surface area contributed by atoms with Gasteiger partial charge in [-0.3, -0.25) is 9.59 Å². The van der Waals surface area contributed by atoms with E-state index in [0.717, 1.165) is 5.69 Å². The summed E-state index contributed by atoms with van der Waals surface area (Å²) < 4.78 is 0. The molecule has 22 heavy (non-hydrogen) atoms. The minimum absolute atomic E-state index is 0.0140. The number of carbonyl (C=O) groups excluding carboxylic acids is 2. The van der Waals surface area contributed by atoms with Crippen LogP contribution in [0.15, 0.2) is 48.5 Å². The Labute approximate surface area is 134 Å². The fourth-order valence-corrected chi connectivity index (χ4v) is 2.13. The number of ketones is 1. The van der Waals surface area contributed by atoms with Crippen LogP contribution in [0, 0.1) is 0 Å². The number of para-hydroxylation sites is 1. The highest BCUT2D eigenvalue weighted by atomic mass is 35.5. The lowest BCUT2D eigenvalue weighted by molar-refractivity contribution is -0.115. The lowest BCUT2D eigenvalue weighted by atomic mass is 10.1. The second-order valence-corrected chi connectivity index (χ2v) is 5.25. The van der Waals surface area contributed by atoms with Gasteiger partial charge < -0.3 is 10.6 Å². The molecule has 0 fully saturated rings. The molecule has 0 aliphatic heterocycles. The van der Waals surface area contributed by atoms with E-state index in [9.17, 15) is 9.59 Å². The van der Waals surface area contributed by atoms with Gasteiger partial charge in [0.1, 0.15) is 0 Å². The number of nitrogens with one attached hydrogen (secondary N) is 2. The van der Waals surface area contributed by atoms with Gasteiger partial charge in [0.25, 0.3) is 0 Å². The lowest BCUT2D eigenvalue weighted by Gasteiger charge is -2.09. The first-order valence-corrected chi connectivity index (χ1v) is 7.33. The summed E-state index contributed by atoms with van der Waals surface area (Å²) in [5.41, 5.74) is 2.07. The molecule has 114 valence electrons. The van der Waals surface area contributed by atoms with Gasteiger partial charge in [-0.15, -0.1) is 0 Å². The standard InChI is InChI=1S/C17H17ClN2O2/c1-12(21)13-5-4-6-14(11-13)19-10-9-17(22)20-16-8-3-2-7-15(16)18/h2-8,11,19H,9-10H2,1H3,(H,20,22). The van der Waals surface area contributed by atoms with Crippen LogP contribution in [0.25, 0.3) is 0 Å². The van der Waals surface area contributed by atoms with Gasteiger partial charge in [0.05, 0.1) is 10.7 Å². The molecule has 2 rings (SSSR count). The number of hydrogen-bond acceptors (Lipinski definition) is 3. The quantitative estimate of drug-likeness (QED) is 0.792. The SMILES string of the molecule is CC(=O)c1cccc(NCCC(=O)Nc2ccccc2Cl)c1. The van der Waals surface area contributed by atoms with Crippen molar-refractivity contribution in [3.8, 4) is 0 Å². The predicted molar refractivity (Wildman–Crippen MR) is 89.6 cm³/mol. The van der Waals surface area contributed by atoms with Crippen molar-refractivity contribution in [1.82, 2.24) is 0 Å². The van der Waals surface area contributed by atoms with Crippen LogP contribution in [-0.2, 0) is 4.79 Å². The third-order valence-corrected chi connectivity index (χ3v) is 3.43. The Balaban J connectivity index is 1.83. The maximum atomic E-state index is 11.9. The molecule has 0 bridgehead atoms. The van der Waals surface area contributed by atoms with E-state index in [2.05, 4.69) is 10.6 Å². The first kappa shape index (κ1) is 16.0. The van der Waals surface area contributed by atoms with E-state index >= 15 is 0 Å². The van der Waals surface area contributed by atoms with Crippen LogP contribution in [-0.4, -0.2) is 18.2 Å². The number of hydrogen-bond donors (Lipinski definition) is 2. The summed E-state index contributed by atoms with van der Waals surface area (Å²) in [6.45, 7) is 1.99. The van der Waals surface area contributed by atoms with Gasteiger partial charge in [0, 0.05) is 24.2 Å². The molecule has 0 saturated carbocycles. The third-order valence-electron chi connectivity index (χ3n) is 3.10. The molecule has 0 radical (unpaired) electrons. The van der Waals surface area contributed by atoms with Crippen LogP contribution < -0.4 is 10.6 Å². The highest BCUT2D eigenvalue weighted by Crippen LogP contribution is 2.20. The Morgan fingerprint density at radius 3 is 2.59 bits per heavy atom. The van der Waals surface area contributed by atoms with E-state index in [-0.39, 0.29) is 11.7 Å². The number of amides is 1. The Kier molecular flexibility index (Phi) is 5.55. The van der Waals surface area contributed by atoms with Gasteiger partial charge in [-0.2, -0.15) is 0 Å². The highest BCUT2D eigenvalue weighted by molar-refractivity contribution is 6.33. The van der Waals surface area contributed by atoms with Gasteiger partial charge in [-0.25, -0.2) is 0 Å². The third kappa shape index (κ3) is 4.60. The molecule has 0 atom stereocenters. The summed E-state index contributed by atoms with van der Waals surface area (Å²) in [6, 6.07) is 14.3. The van der Waals surface area contributed by atoms with Gasteiger partial charge in [0.2, 0.25) is 5.91 Å². The van der Waals surface area contributed by atoms with Gasteiger partial charge in [-0.1, -0.05) is 35.9 Å². The molecule has 0 saturated heterocycles. The van der Waals surface area contributed by atoms with Crippen LogP contribution in [0.3, 0.4) is 0 Å². The van der Waals surface area contributed by atoms with Gasteiger partial charge in [0.15, 0.2) is 5.78 Å². The molecule has 5 heteroatoms. The van der Waals surface area contributed by atoms with Crippen LogP contribution in [0.2, 0.25) is 5.02 Å². The van der Waals surface area contributed by atoms with Gasteiger partial charge >= 0.3 is 0 Å². The van der Waals surface area contributed by atoms with E-state index in [4.69, 9.17) is 11.6 Å². The number of rotatable bonds is 6. The molecule has 2 aromatic carbocycles. The lowest BCUT2D eigenvalue weighted by Crippen LogP contribution is -2.16. The predicted octanol–water partition coefficient (Wildman–Crippen LogP) is 3.98. The molecular weight excluding hydrogens is 300 g/mol. The second-order valence-electron chi connectivity index (χ2n) is 4.84. The average Bonchev–Trinajstić information content (AvgIpc) is 2.50. The largest absolute Gasteiger partial charge is 0.385 e. The molecule has 0 spiro atoms. The highest BCUT2D eigenvalue weighted by Gasteiger charge is 2.05. The van der Waals surface area contributed by atoms with E-state index in [1.54, 1.807) is 24.3 Å². The molecule has 2 N–H and O–H groups in total. The number of anilines is 2. The monoisotopic (exact) mass is 316 g/mol. The van der Waals surface area contributed by atoms with Crippen LogP contribution in [0.4, 0.5) is 11.4 Å². The van der Waals surface area contributed by atoms with Crippen molar-refractivity contribution in [2.24, 2.45) is 0 Å². The summed E-state index contributed by atoms with van der Waals surface area (Å²) in [4.78, 5) is 23.2. The zero-order valence-electron chi connectivity index (χ0n) is 12.2. The van der Waals surface area contributed by atoms with Crippen LogP contribution >= 0.6 is 11.6 Å². The van der Waals surface area contributed by atoms with E-state index in [1.165, 1.54) is 6.92 Å². The summed E-state index contributed by atoms with van der Waals surface area (Å²) in [7, 11) is 0. The number of carbonyl (C=O) groups is 2. The molecule has 1 amide bonds. The fourth-order valence-electron chi connectivity index (χ4n) is 1.94. The van der Waals surface area contributed by atoms with Gasteiger partial charge in [-0.05, 0) is 31.2 Å². The van der Waals surface area contributed by atoms with E-state index in [0.29, 0.717) is 29.2 Å². The first-order valence-electron chi connectivity index (χ1n) is 6.95. The summed E-state index contributed by atoms with van der Waals surface area (Å²) in [5.74, 6) is -0.108. The zero-order valence-corrected chi connectivity index (χ0v) is 13.0. The maximum absolute atomic E-state index is 11.9. The minimum atomic E-state index is -0.122. The van der Waals surface area contributed by atoms with Crippen molar-refractivity contribution in [2.75, 3.05) is 17.2 Å². The number of Topliss-reactive ketones (excluding diaryl/α,β-unsaturated/α-hetero) is 1. The van der Waals surface area contributed by atoms with Crippen molar-refractivity contribution in [2.45, 2.75) is 13.3 Å². The summed E-state index contributed by atoms with van der Waals surface area (Å²) in [6.07, 6.45) is 0.301. The Morgan fingerprint density at radius 2 is 1.86 bits per heavy atom. The van der Waals surface area contributed by atoms with Crippen molar-refractivity contribution in [1.29, 1.82) is 0 Å². The second kappa shape index (κ2) is 7.61. The Morgan fingerprint density at radius 1 is 1.09 bits per heavy atom. The topological polar surface area (TPSA) is 58.2 Å². The smallest absolute Gasteiger partial charge is 0.226 e. The average molecular weight is 317 g/mol. The van der Waals surface area contributed by atoms with E-state index < -0.39 is 0 Å². The zero-order chi connectivity index (χ0) is 15.9. The maximum Gasteiger partial charge on any atom is 0.226 e. The normalized spacial score (nSPS) is 10.1. The molecule has 0 aliphatic carbocycles. The Bertz CT molecular complexity index is 686. The molecule has 0 heterocycles. The number of benzene rings is 2. The van der Waals surface area contributed by atoms with E-state index in [1.807, 2.05) is 24.3 Å². The molecule has 2 aromatic rings. The van der Waals surface area contributed by atoms with Crippen molar-refractivity contribution in [3.05, 3.63) is 59.1 Å². The fraction of sp³-hybridized carbons (Fsp3) is 0.176. The molecular formula is C17H17ClN2O2.